The van der Waals surface area contributed by atoms with E-state index in [1.165, 1.54) is 28.6 Å². The van der Waals surface area contributed by atoms with Gasteiger partial charge in [0.2, 0.25) is 0 Å². The Morgan fingerprint density at radius 2 is 2.12 bits per heavy atom. The Hall–Kier alpha value is -1.54. The fraction of sp³-hybridized carbons (Fsp3) is 0.640. The maximum Gasteiger partial charge on any atom is 0.114 e. The van der Waals surface area contributed by atoms with Crippen LogP contribution < -0.4 is 5.32 Å². The quantitative estimate of drug-likeness (QED) is 0.606. The molecule has 4 heterocycles. The number of hydrogen-bond donors (Lipinski definition) is 2. The molecule has 0 saturated carbocycles. The van der Waals surface area contributed by atoms with Crippen molar-refractivity contribution in [1.82, 2.24) is 9.88 Å². The summed E-state index contributed by atoms with van der Waals surface area (Å²) in [5.41, 5.74) is 4.85. The van der Waals surface area contributed by atoms with E-state index in [0.29, 0.717) is 18.2 Å². The van der Waals surface area contributed by atoms with Gasteiger partial charge in [-0.05, 0) is 68.7 Å². The molecule has 0 bridgehead atoms. The average molecular weight is 457 g/mol. The lowest BCUT2D eigenvalue weighted by molar-refractivity contribution is -0.00455. The number of anilines is 1. The van der Waals surface area contributed by atoms with Crippen LogP contribution >= 0.6 is 11.8 Å². The number of ether oxygens (including phenoxy) is 2. The van der Waals surface area contributed by atoms with Gasteiger partial charge in [-0.3, -0.25) is 9.89 Å². The molecule has 2 aromatic rings. The topological polar surface area (TPSA) is 61.9 Å². The van der Waals surface area contributed by atoms with Gasteiger partial charge in [0, 0.05) is 51.1 Å². The fourth-order valence-corrected chi connectivity index (χ4v) is 6.28. The van der Waals surface area contributed by atoms with E-state index in [-0.39, 0.29) is 0 Å². The zero-order valence-electron chi connectivity index (χ0n) is 19.4. The van der Waals surface area contributed by atoms with Crippen LogP contribution in [0.1, 0.15) is 43.4 Å². The first-order valence-corrected chi connectivity index (χ1v) is 13.1. The van der Waals surface area contributed by atoms with Gasteiger partial charge < -0.3 is 19.8 Å². The van der Waals surface area contributed by atoms with Crippen LogP contribution in [-0.4, -0.2) is 72.9 Å². The summed E-state index contributed by atoms with van der Waals surface area (Å²) < 4.78 is 11.1. The number of aromatic amines is 1. The Morgan fingerprint density at radius 3 is 2.97 bits per heavy atom. The van der Waals surface area contributed by atoms with Gasteiger partial charge >= 0.3 is 0 Å². The summed E-state index contributed by atoms with van der Waals surface area (Å²) >= 11 is 1.89. The number of aryl methyl sites for hydroxylation is 1. The van der Waals surface area contributed by atoms with E-state index in [9.17, 15) is 0 Å². The Kier molecular flexibility index (Phi) is 7.07. The highest BCUT2D eigenvalue weighted by Gasteiger charge is 2.27. The summed E-state index contributed by atoms with van der Waals surface area (Å²) in [5.74, 6) is 1.77. The highest BCUT2D eigenvalue weighted by molar-refractivity contribution is 8.14. The van der Waals surface area contributed by atoms with Crippen molar-refractivity contribution in [1.29, 1.82) is 0 Å². The molecule has 3 aliphatic heterocycles. The van der Waals surface area contributed by atoms with Gasteiger partial charge in [-0.1, -0.05) is 0 Å². The maximum atomic E-state index is 5.61. The van der Waals surface area contributed by atoms with E-state index in [2.05, 4.69) is 40.3 Å². The monoisotopic (exact) mass is 456 g/mol. The highest BCUT2D eigenvalue weighted by atomic mass is 32.2. The zero-order valence-corrected chi connectivity index (χ0v) is 20.2. The second kappa shape index (κ2) is 10.2. The first-order valence-electron chi connectivity index (χ1n) is 12.1. The predicted molar refractivity (Wildman–Crippen MR) is 134 cm³/mol. The summed E-state index contributed by atoms with van der Waals surface area (Å²) in [5, 5.41) is 6.14. The standard InChI is InChI=1S/C25H36N4O2S/c1-17-12-19-14-22(28-24(19)21(13-17)26-15-18-6-10-31-11-7-18)25-27-20(16-32-25)5-9-29-8-3-4-23(29)30-2/h12-14,18,20,23,26,28H,3-11,15-16H2,1-2H3/t20-,23+/m0/s1. The minimum atomic E-state index is 0.302. The summed E-state index contributed by atoms with van der Waals surface area (Å²) in [6.07, 6.45) is 6.10. The predicted octanol–water partition coefficient (Wildman–Crippen LogP) is 4.64. The third-order valence-electron chi connectivity index (χ3n) is 7.06. The number of aliphatic imine (C=N–C) groups is 1. The molecule has 1 aromatic carbocycles. The minimum Gasteiger partial charge on any atom is -0.383 e. The molecular formula is C25H36N4O2S. The van der Waals surface area contributed by atoms with Crippen LogP contribution in [-0.2, 0) is 9.47 Å². The first-order chi connectivity index (χ1) is 15.7. The fourth-order valence-electron chi connectivity index (χ4n) is 5.20. The largest absolute Gasteiger partial charge is 0.383 e. The van der Waals surface area contributed by atoms with Crippen LogP contribution in [0.2, 0.25) is 0 Å². The number of nitrogens with zero attached hydrogens (tertiary/aromatic N) is 2. The SMILES string of the molecule is CO[C@@H]1CCCN1CC[C@H]1CSC(c2cc3cc(C)cc(NCC4CCOCC4)c3[nH]2)=N1. The van der Waals surface area contributed by atoms with Crippen molar-refractivity contribution in [3.05, 3.63) is 29.5 Å². The molecule has 6 nitrogen and oxygen atoms in total. The molecule has 2 atom stereocenters. The Morgan fingerprint density at radius 1 is 1.25 bits per heavy atom. The second-order valence-electron chi connectivity index (χ2n) is 9.45. The average Bonchev–Trinajstić information content (AvgIpc) is 3.55. The van der Waals surface area contributed by atoms with Gasteiger partial charge in [-0.25, -0.2) is 0 Å². The summed E-state index contributed by atoms with van der Waals surface area (Å²) in [6.45, 7) is 7.20. The van der Waals surface area contributed by atoms with Crippen molar-refractivity contribution < 1.29 is 9.47 Å². The number of likely N-dealkylation sites (tertiary alicyclic amines) is 1. The van der Waals surface area contributed by atoms with Crippen LogP contribution in [0, 0.1) is 12.8 Å². The Labute approximate surface area is 195 Å². The van der Waals surface area contributed by atoms with Crippen molar-refractivity contribution in [2.45, 2.75) is 51.3 Å². The molecule has 0 unspecified atom stereocenters. The molecule has 0 amide bonds. The van der Waals surface area contributed by atoms with E-state index in [1.807, 2.05) is 18.9 Å². The first kappa shape index (κ1) is 22.3. The summed E-state index contributed by atoms with van der Waals surface area (Å²) in [6, 6.07) is 7.20. The van der Waals surface area contributed by atoms with Crippen LogP contribution in [0.15, 0.2) is 23.2 Å². The van der Waals surface area contributed by atoms with Crippen LogP contribution in [0.3, 0.4) is 0 Å². The molecular weight excluding hydrogens is 420 g/mol. The number of aromatic nitrogens is 1. The number of methoxy groups -OCH3 is 1. The Balaban J connectivity index is 1.26. The molecule has 2 N–H and O–H groups in total. The molecule has 5 rings (SSSR count). The van der Waals surface area contributed by atoms with Gasteiger partial charge in [0.1, 0.15) is 11.3 Å². The van der Waals surface area contributed by atoms with Gasteiger partial charge in [-0.2, -0.15) is 0 Å². The molecule has 2 saturated heterocycles. The lowest BCUT2D eigenvalue weighted by Crippen LogP contribution is -2.33. The number of nitrogens with one attached hydrogen (secondary N) is 2. The zero-order chi connectivity index (χ0) is 21.9. The van der Waals surface area contributed by atoms with E-state index in [0.717, 1.165) is 75.0 Å². The summed E-state index contributed by atoms with van der Waals surface area (Å²) in [4.78, 5) is 11.2. The number of fused-ring (bicyclic) bond motifs is 1. The van der Waals surface area contributed by atoms with Crippen molar-refractivity contribution >= 4 is 33.4 Å². The normalized spacial score (nSPS) is 25.0. The van der Waals surface area contributed by atoms with Gasteiger partial charge in [0.05, 0.1) is 22.9 Å². The molecule has 2 fully saturated rings. The van der Waals surface area contributed by atoms with Gasteiger partial charge in [0.25, 0.3) is 0 Å². The third-order valence-corrected chi connectivity index (χ3v) is 8.21. The van der Waals surface area contributed by atoms with E-state index in [4.69, 9.17) is 14.5 Å². The second-order valence-corrected chi connectivity index (χ2v) is 10.5. The molecule has 0 spiro atoms. The van der Waals surface area contributed by atoms with Gasteiger partial charge in [0.15, 0.2) is 0 Å². The van der Waals surface area contributed by atoms with Gasteiger partial charge in [-0.15, -0.1) is 11.8 Å². The Bertz CT molecular complexity index is 953. The van der Waals surface area contributed by atoms with Crippen LogP contribution in [0.25, 0.3) is 10.9 Å². The number of benzene rings is 1. The lowest BCUT2D eigenvalue weighted by atomic mass is 10.0. The van der Waals surface area contributed by atoms with E-state index >= 15 is 0 Å². The molecule has 174 valence electrons. The van der Waals surface area contributed by atoms with Crippen molar-refractivity contribution in [2.75, 3.05) is 51.0 Å². The number of rotatable bonds is 8. The third kappa shape index (κ3) is 5.01. The molecule has 7 heteroatoms. The van der Waals surface area contributed by atoms with E-state index in [1.54, 1.807) is 0 Å². The smallest absolute Gasteiger partial charge is 0.114 e. The molecule has 0 radical (unpaired) electrons. The maximum absolute atomic E-state index is 5.61. The number of hydrogen-bond acceptors (Lipinski definition) is 6. The lowest BCUT2D eigenvalue weighted by Gasteiger charge is -2.23. The highest BCUT2D eigenvalue weighted by Crippen LogP contribution is 2.31. The molecule has 1 aromatic heterocycles. The summed E-state index contributed by atoms with van der Waals surface area (Å²) in [7, 11) is 1.83. The van der Waals surface area contributed by atoms with Crippen LogP contribution in [0.4, 0.5) is 5.69 Å². The molecule has 0 aliphatic carbocycles. The number of thioether (sulfide) groups is 1. The molecule has 3 aliphatic rings. The van der Waals surface area contributed by atoms with Crippen molar-refractivity contribution in [3.63, 3.8) is 0 Å². The molecule has 32 heavy (non-hydrogen) atoms. The van der Waals surface area contributed by atoms with Crippen molar-refractivity contribution in [2.24, 2.45) is 10.9 Å². The van der Waals surface area contributed by atoms with Crippen LogP contribution in [0.5, 0.6) is 0 Å². The number of H-pyrrole nitrogens is 1. The van der Waals surface area contributed by atoms with E-state index < -0.39 is 0 Å². The minimum absolute atomic E-state index is 0.302. The van der Waals surface area contributed by atoms with Crippen molar-refractivity contribution in [3.8, 4) is 0 Å².